The molecule has 0 bridgehead atoms. The SMILES string of the molecule is Cc1ccc2ncn(CC(=O)Nc3cccc(S(=O)(=O)N(C)C)c3)c(=O)c2c1. The normalized spacial score (nSPS) is 11.7. The molecule has 0 saturated heterocycles. The third kappa shape index (κ3) is 3.95. The van der Waals surface area contributed by atoms with Crippen LogP contribution in [0.1, 0.15) is 5.56 Å². The number of hydrogen-bond donors (Lipinski definition) is 1. The highest BCUT2D eigenvalue weighted by atomic mass is 32.2. The van der Waals surface area contributed by atoms with Crippen LogP contribution in [-0.2, 0) is 21.4 Å². The number of carbonyl (C=O) groups excluding carboxylic acids is 1. The smallest absolute Gasteiger partial charge is 0.261 e. The maximum absolute atomic E-state index is 12.6. The number of aromatic nitrogens is 2. The lowest BCUT2D eigenvalue weighted by molar-refractivity contribution is -0.116. The summed E-state index contributed by atoms with van der Waals surface area (Å²) in [4.78, 5) is 29.2. The van der Waals surface area contributed by atoms with Crippen LogP contribution in [0.2, 0.25) is 0 Å². The lowest BCUT2D eigenvalue weighted by Crippen LogP contribution is -2.28. The number of hydrogen-bond acceptors (Lipinski definition) is 5. The van der Waals surface area contributed by atoms with Crippen LogP contribution in [0, 0.1) is 6.92 Å². The predicted molar refractivity (Wildman–Crippen MR) is 107 cm³/mol. The molecule has 0 aliphatic carbocycles. The molecule has 1 aromatic heterocycles. The van der Waals surface area contributed by atoms with E-state index in [9.17, 15) is 18.0 Å². The van der Waals surface area contributed by atoms with Gasteiger partial charge >= 0.3 is 0 Å². The summed E-state index contributed by atoms with van der Waals surface area (Å²) in [7, 11) is -0.748. The number of anilines is 1. The molecule has 3 aromatic rings. The van der Waals surface area contributed by atoms with Crippen molar-refractivity contribution in [1.82, 2.24) is 13.9 Å². The van der Waals surface area contributed by atoms with Gasteiger partial charge in [0.2, 0.25) is 15.9 Å². The van der Waals surface area contributed by atoms with Crippen LogP contribution in [0.25, 0.3) is 10.9 Å². The fourth-order valence-corrected chi connectivity index (χ4v) is 3.63. The first kappa shape index (κ1) is 19.7. The number of carbonyl (C=O) groups is 1. The zero-order valence-corrected chi connectivity index (χ0v) is 16.5. The standard InChI is InChI=1S/C19H20N4O4S/c1-13-7-8-17-16(9-13)19(25)23(12-20-17)11-18(24)21-14-5-4-6-15(10-14)28(26,27)22(2)3/h4-10,12H,11H2,1-3H3,(H,21,24). The molecule has 0 fully saturated rings. The molecular weight excluding hydrogens is 380 g/mol. The highest BCUT2D eigenvalue weighted by Gasteiger charge is 2.17. The fraction of sp³-hybridized carbons (Fsp3) is 0.211. The number of sulfonamides is 1. The van der Waals surface area contributed by atoms with Gasteiger partial charge in [-0.2, -0.15) is 0 Å². The lowest BCUT2D eigenvalue weighted by atomic mass is 10.2. The average molecular weight is 400 g/mol. The van der Waals surface area contributed by atoms with Crippen molar-refractivity contribution in [3.05, 3.63) is 64.7 Å². The molecule has 0 spiro atoms. The van der Waals surface area contributed by atoms with Gasteiger partial charge in [0.15, 0.2) is 0 Å². The van der Waals surface area contributed by atoms with E-state index in [-0.39, 0.29) is 17.0 Å². The summed E-state index contributed by atoms with van der Waals surface area (Å²) in [5.41, 5.74) is 1.50. The first-order valence-electron chi connectivity index (χ1n) is 8.47. The Hall–Kier alpha value is -3.04. The van der Waals surface area contributed by atoms with E-state index in [1.165, 1.54) is 37.1 Å². The molecule has 3 rings (SSSR count). The zero-order valence-electron chi connectivity index (χ0n) is 15.7. The Bertz CT molecular complexity index is 1220. The van der Waals surface area contributed by atoms with Crippen molar-refractivity contribution in [1.29, 1.82) is 0 Å². The second-order valence-electron chi connectivity index (χ2n) is 6.56. The van der Waals surface area contributed by atoms with Crippen molar-refractivity contribution in [3.63, 3.8) is 0 Å². The van der Waals surface area contributed by atoms with Gasteiger partial charge in [0, 0.05) is 19.8 Å². The number of amides is 1. The molecule has 0 unspecified atom stereocenters. The molecule has 146 valence electrons. The Labute approximate surface area is 162 Å². The summed E-state index contributed by atoms with van der Waals surface area (Å²) >= 11 is 0. The number of nitrogens with zero attached hydrogens (tertiary/aromatic N) is 3. The maximum Gasteiger partial charge on any atom is 0.261 e. The molecule has 0 saturated carbocycles. The van der Waals surface area contributed by atoms with E-state index in [1.807, 2.05) is 13.0 Å². The molecule has 0 radical (unpaired) electrons. The zero-order chi connectivity index (χ0) is 20.5. The Kier molecular flexibility index (Phi) is 5.30. The molecule has 0 aliphatic rings. The van der Waals surface area contributed by atoms with E-state index in [1.54, 1.807) is 24.3 Å². The third-order valence-electron chi connectivity index (χ3n) is 4.19. The van der Waals surface area contributed by atoms with Gasteiger partial charge in [0.25, 0.3) is 5.56 Å². The summed E-state index contributed by atoms with van der Waals surface area (Å²) in [5, 5.41) is 3.06. The van der Waals surface area contributed by atoms with Crippen LogP contribution in [-0.4, -0.2) is 42.3 Å². The van der Waals surface area contributed by atoms with Crippen LogP contribution in [0.3, 0.4) is 0 Å². The first-order valence-corrected chi connectivity index (χ1v) is 9.91. The number of nitrogens with one attached hydrogen (secondary N) is 1. The highest BCUT2D eigenvalue weighted by Crippen LogP contribution is 2.18. The van der Waals surface area contributed by atoms with Crippen molar-refractivity contribution < 1.29 is 13.2 Å². The van der Waals surface area contributed by atoms with Gasteiger partial charge in [0.05, 0.1) is 22.1 Å². The number of rotatable bonds is 5. The topological polar surface area (TPSA) is 101 Å². The minimum Gasteiger partial charge on any atom is -0.324 e. The van der Waals surface area contributed by atoms with Crippen molar-refractivity contribution in [2.75, 3.05) is 19.4 Å². The van der Waals surface area contributed by atoms with Gasteiger partial charge in [-0.15, -0.1) is 0 Å². The molecule has 0 atom stereocenters. The van der Waals surface area contributed by atoms with Crippen LogP contribution in [0.5, 0.6) is 0 Å². The van der Waals surface area contributed by atoms with E-state index in [0.29, 0.717) is 16.6 Å². The van der Waals surface area contributed by atoms with Gasteiger partial charge in [0.1, 0.15) is 6.54 Å². The predicted octanol–water partition coefficient (Wildman–Crippen LogP) is 1.59. The van der Waals surface area contributed by atoms with Crippen molar-refractivity contribution >= 4 is 32.5 Å². The largest absolute Gasteiger partial charge is 0.324 e. The molecule has 2 aromatic carbocycles. The number of benzene rings is 2. The van der Waals surface area contributed by atoms with Crippen LogP contribution in [0.15, 0.2) is 58.5 Å². The van der Waals surface area contributed by atoms with Crippen molar-refractivity contribution in [2.24, 2.45) is 0 Å². The Morgan fingerprint density at radius 1 is 1.18 bits per heavy atom. The Morgan fingerprint density at radius 2 is 1.93 bits per heavy atom. The van der Waals surface area contributed by atoms with Crippen LogP contribution >= 0.6 is 0 Å². The second-order valence-corrected chi connectivity index (χ2v) is 8.71. The molecule has 1 heterocycles. The van der Waals surface area contributed by atoms with Crippen LogP contribution < -0.4 is 10.9 Å². The monoisotopic (exact) mass is 400 g/mol. The summed E-state index contributed by atoms with van der Waals surface area (Å²) in [6.45, 7) is 1.64. The van der Waals surface area contributed by atoms with E-state index in [4.69, 9.17) is 0 Å². The summed E-state index contributed by atoms with van der Waals surface area (Å²) < 4.78 is 26.7. The van der Waals surface area contributed by atoms with E-state index < -0.39 is 15.9 Å². The molecule has 9 heteroatoms. The van der Waals surface area contributed by atoms with Gasteiger partial charge in [-0.3, -0.25) is 14.2 Å². The number of aryl methyl sites for hydroxylation is 1. The van der Waals surface area contributed by atoms with Gasteiger partial charge < -0.3 is 5.32 Å². The molecule has 0 aliphatic heterocycles. The summed E-state index contributed by atoms with van der Waals surface area (Å²) in [6.07, 6.45) is 1.33. The van der Waals surface area contributed by atoms with E-state index in [2.05, 4.69) is 10.3 Å². The summed E-state index contributed by atoms with van der Waals surface area (Å²) in [6, 6.07) is 11.3. The second kappa shape index (κ2) is 7.53. The van der Waals surface area contributed by atoms with Crippen molar-refractivity contribution in [3.8, 4) is 0 Å². The first-order chi connectivity index (χ1) is 13.2. The minimum absolute atomic E-state index is 0.0651. The maximum atomic E-state index is 12.6. The highest BCUT2D eigenvalue weighted by molar-refractivity contribution is 7.89. The third-order valence-corrected chi connectivity index (χ3v) is 6.00. The fourth-order valence-electron chi connectivity index (χ4n) is 2.69. The summed E-state index contributed by atoms with van der Waals surface area (Å²) in [5.74, 6) is -0.463. The Morgan fingerprint density at radius 3 is 2.64 bits per heavy atom. The Balaban J connectivity index is 1.83. The molecule has 1 amide bonds. The molecule has 8 nitrogen and oxygen atoms in total. The van der Waals surface area contributed by atoms with E-state index >= 15 is 0 Å². The lowest BCUT2D eigenvalue weighted by Gasteiger charge is -2.13. The quantitative estimate of drug-likeness (QED) is 0.701. The molecular formula is C19H20N4O4S. The van der Waals surface area contributed by atoms with Gasteiger partial charge in [-0.05, 0) is 37.3 Å². The molecule has 28 heavy (non-hydrogen) atoms. The minimum atomic E-state index is -3.61. The van der Waals surface area contributed by atoms with E-state index in [0.717, 1.165) is 9.87 Å². The van der Waals surface area contributed by atoms with Gasteiger partial charge in [-0.25, -0.2) is 17.7 Å². The number of fused-ring (bicyclic) bond motifs is 1. The van der Waals surface area contributed by atoms with Crippen LogP contribution in [0.4, 0.5) is 5.69 Å². The molecule has 1 N–H and O–H groups in total. The average Bonchev–Trinajstić information content (AvgIpc) is 2.64. The van der Waals surface area contributed by atoms with Crippen molar-refractivity contribution in [2.45, 2.75) is 18.4 Å². The van der Waals surface area contributed by atoms with Gasteiger partial charge in [-0.1, -0.05) is 17.7 Å².